The maximum atomic E-state index is 2.58. The summed E-state index contributed by atoms with van der Waals surface area (Å²) in [5, 5.41) is 5.32. The number of nitrogens with zero attached hydrogens (tertiary/aromatic N) is 1. The van der Waals surface area contributed by atoms with Gasteiger partial charge in [-0.25, -0.2) is 0 Å². The van der Waals surface area contributed by atoms with E-state index in [0.717, 1.165) is 0 Å². The molecule has 41 heavy (non-hydrogen) atoms. The van der Waals surface area contributed by atoms with Gasteiger partial charge in [0, 0.05) is 46.7 Å². The summed E-state index contributed by atoms with van der Waals surface area (Å²) < 4.78 is 5.34. The van der Waals surface area contributed by atoms with Gasteiger partial charge in [0.25, 0.3) is 0 Å². The van der Waals surface area contributed by atoms with Crippen LogP contribution in [-0.4, -0.2) is 0 Å². The average molecular weight is 580 g/mol. The highest BCUT2D eigenvalue weighted by atomic mass is 32.2. The molecule has 0 bridgehead atoms. The molecule has 0 radical (unpaired) electrons. The van der Waals surface area contributed by atoms with E-state index in [-0.39, 0.29) is 0 Å². The van der Waals surface area contributed by atoms with E-state index >= 15 is 0 Å². The van der Waals surface area contributed by atoms with Crippen molar-refractivity contribution in [3.63, 3.8) is 0 Å². The van der Waals surface area contributed by atoms with E-state index in [1.165, 1.54) is 72.8 Å². The van der Waals surface area contributed by atoms with Crippen LogP contribution < -0.4 is 4.90 Å². The molecule has 196 valence electrons. The first-order valence-corrected chi connectivity index (χ1v) is 16.5. The van der Waals surface area contributed by atoms with Crippen molar-refractivity contribution in [3.05, 3.63) is 138 Å². The second-order valence-corrected chi connectivity index (χ2v) is 14.1. The molecule has 0 amide bonds. The van der Waals surface area contributed by atoms with Crippen LogP contribution in [0.2, 0.25) is 0 Å². The minimum atomic E-state index is 0.377. The number of hydrogen-bond donors (Lipinski definition) is 0. The average Bonchev–Trinajstić information content (AvgIpc) is 3.71. The number of allylic oxidation sites excluding steroid dienone is 3. The van der Waals surface area contributed by atoms with Crippen LogP contribution in [0.5, 0.6) is 0 Å². The lowest BCUT2D eigenvalue weighted by Crippen LogP contribution is -2.22. The fraction of sp³-hybridized carbons (Fsp3) is 0.0811. The Kier molecular flexibility index (Phi) is 5.28. The van der Waals surface area contributed by atoms with Gasteiger partial charge < -0.3 is 4.90 Å². The third-order valence-electron chi connectivity index (χ3n) is 8.58. The van der Waals surface area contributed by atoms with Crippen LogP contribution in [0.3, 0.4) is 0 Å². The molecule has 5 aromatic carbocycles. The first-order valence-electron chi connectivity index (χ1n) is 14.1. The smallest absolute Gasteiger partial charge is 0.0641 e. The summed E-state index contributed by atoms with van der Waals surface area (Å²) in [7, 11) is 0. The molecule has 2 atom stereocenters. The van der Waals surface area contributed by atoms with Gasteiger partial charge in [-0.2, -0.15) is 0 Å². The van der Waals surface area contributed by atoms with Gasteiger partial charge in [-0.1, -0.05) is 104 Å². The van der Waals surface area contributed by atoms with Crippen molar-refractivity contribution in [3.8, 4) is 0 Å². The molecule has 1 aliphatic heterocycles. The van der Waals surface area contributed by atoms with Gasteiger partial charge in [0.05, 0.1) is 26.5 Å². The Morgan fingerprint density at radius 1 is 0.585 bits per heavy atom. The molecule has 9 rings (SSSR count). The topological polar surface area (TPSA) is 3.24 Å². The number of hydrogen-bond acceptors (Lipinski definition) is 4. The zero-order chi connectivity index (χ0) is 27.1. The number of anilines is 2. The molecular formula is C37H25NS3. The standard InChI is InChI=1S/C37H25NS3/c1-22-20-21-30(37-34(22)27-12-4-7-19-33(27)41-37)38(28-15-8-13-25-23-10-2-5-17-31(23)39-35(25)28)29-16-9-14-26-24-11-3-6-18-32(24)40-36(26)29/h2-22,34H,1H3. The van der Waals surface area contributed by atoms with Gasteiger partial charge in [-0.05, 0) is 47.9 Å². The lowest BCUT2D eigenvalue weighted by molar-refractivity contribution is 0.621. The van der Waals surface area contributed by atoms with E-state index in [2.05, 4.69) is 133 Å². The zero-order valence-electron chi connectivity index (χ0n) is 22.4. The van der Waals surface area contributed by atoms with Gasteiger partial charge in [0.1, 0.15) is 0 Å². The zero-order valence-corrected chi connectivity index (χ0v) is 24.8. The van der Waals surface area contributed by atoms with Crippen molar-refractivity contribution in [2.24, 2.45) is 5.92 Å². The Balaban J connectivity index is 1.38. The minimum absolute atomic E-state index is 0.377. The molecule has 1 nitrogen and oxygen atoms in total. The summed E-state index contributed by atoms with van der Waals surface area (Å²) in [6, 6.07) is 40.3. The molecule has 0 spiro atoms. The number of rotatable bonds is 3. The van der Waals surface area contributed by atoms with Crippen molar-refractivity contribution < 1.29 is 0 Å². The summed E-state index contributed by atoms with van der Waals surface area (Å²) in [5.74, 6) is 0.828. The predicted molar refractivity (Wildman–Crippen MR) is 181 cm³/mol. The molecule has 0 N–H and O–H groups in total. The highest BCUT2D eigenvalue weighted by Crippen LogP contribution is 2.57. The molecule has 2 unspecified atom stereocenters. The minimum Gasteiger partial charge on any atom is -0.307 e. The number of thiophene rings is 2. The van der Waals surface area contributed by atoms with Crippen LogP contribution in [-0.2, 0) is 0 Å². The second-order valence-electron chi connectivity index (χ2n) is 10.9. The van der Waals surface area contributed by atoms with Gasteiger partial charge in [-0.15, -0.1) is 22.7 Å². The third kappa shape index (κ3) is 3.48. The Hall–Kier alpha value is -3.83. The summed E-state index contributed by atoms with van der Waals surface area (Å²) >= 11 is 5.78. The lowest BCUT2D eigenvalue weighted by Gasteiger charge is -2.33. The molecule has 3 heterocycles. The van der Waals surface area contributed by atoms with Crippen LogP contribution in [0.15, 0.2) is 137 Å². The van der Waals surface area contributed by atoms with Crippen molar-refractivity contribution in [2.45, 2.75) is 17.7 Å². The number of fused-ring (bicyclic) bond motifs is 9. The fourth-order valence-corrected chi connectivity index (χ4v) is 10.6. The van der Waals surface area contributed by atoms with Gasteiger partial charge in [0.2, 0.25) is 0 Å². The molecule has 0 saturated carbocycles. The highest BCUT2D eigenvalue weighted by Gasteiger charge is 2.37. The molecule has 4 heteroatoms. The maximum Gasteiger partial charge on any atom is 0.0641 e. The molecule has 2 aromatic heterocycles. The van der Waals surface area contributed by atoms with Crippen LogP contribution in [0.25, 0.3) is 40.3 Å². The van der Waals surface area contributed by atoms with Crippen molar-refractivity contribution in [1.82, 2.24) is 0 Å². The van der Waals surface area contributed by atoms with E-state index in [1.807, 2.05) is 34.4 Å². The molecule has 2 aliphatic rings. The van der Waals surface area contributed by atoms with Gasteiger partial charge >= 0.3 is 0 Å². The van der Waals surface area contributed by atoms with Gasteiger partial charge in [0.15, 0.2) is 0 Å². The lowest BCUT2D eigenvalue weighted by atomic mass is 9.83. The summed E-state index contributed by atoms with van der Waals surface area (Å²) in [6.07, 6.45) is 4.82. The summed E-state index contributed by atoms with van der Waals surface area (Å²) in [4.78, 5) is 5.43. The van der Waals surface area contributed by atoms with E-state index in [4.69, 9.17) is 0 Å². The second kappa shape index (κ2) is 9.09. The Labute approximate surface area is 251 Å². The summed E-state index contributed by atoms with van der Waals surface area (Å²) in [5.41, 5.74) is 5.27. The van der Waals surface area contributed by atoms with E-state index in [9.17, 15) is 0 Å². The van der Waals surface area contributed by atoms with Crippen molar-refractivity contribution in [2.75, 3.05) is 4.90 Å². The van der Waals surface area contributed by atoms with E-state index < -0.39 is 0 Å². The molecule has 0 fully saturated rings. The van der Waals surface area contributed by atoms with Crippen molar-refractivity contribution in [1.29, 1.82) is 0 Å². The number of benzene rings is 5. The van der Waals surface area contributed by atoms with Crippen LogP contribution in [0.4, 0.5) is 11.4 Å². The number of thioether (sulfide) groups is 1. The first kappa shape index (κ1) is 23.8. The van der Waals surface area contributed by atoms with E-state index in [1.54, 1.807) is 0 Å². The van der Waals surface area contributed by atoms with Gasteiger partial charge in [-0.3, -0.25) is 0 Å². The fourth-order valence-electron chi connectivity index (χ4n) is 6.71. The van der Waals surface area contributed by atoms with Crippen LogP contribution >= 0.6 is 34.4 Å². The quantitative estimate of drug-likeness (QED) is 0.205. The monoisotopic (exact) mass is 579 g/mol. The molecular weight excluding hydrogens is 555 g/mol. The largest absolute Gasteiger partial charge is 0.307 e. The normalized spacial score (nSPS) is 18.1. The Bertz CT molecular complexity index is 2120. The third-order valence-corrected chi connectivity index (χ3v) is 12.3. The van der Waals surface area contributed by atoms with Crippen LogP contribution in [0.1, 0.15) is 18.4 Å². The Morgan fingerprint density at radius 2 is 1.15 bits per heavy atom. The van der Waals surface area contributed by atoms with Crippen LogP contribution in [0, 0.1) is 5.92 Å². The SMILES string of the molecule is CC1C=CC(N(c2cccc3c2sc2ccccc23)c2cccc3c2sc2ccccc23)=C2Sc3ccccc3C21. The highest BCUT2D eigenvalue weighted by molar-refractivity contribution is 8.03. The molecule has 1 aliphatic carbocycles. The van der Waals surface area contributed by atoms with Crippen molar-refractivity contribution >= 4 is 86.2 Å². The predicted octanol–water partition coefficient (Wildman–Crippen LogP) is 11.9. The molecule has 7 aromatic rings. The van der Waals surface area contributed by atoms with E-state index in [0.29, 0.717) is 11.8 Å². The Morgan fingerprint density at radius 3 is 1.80 bits per heavy atom. The molecule has 0 saturated heterocycles. The maximum absolute atomic E-state index is 2.58. The summed E-state index contributed by atoms with van der Waals surface area (Å²) in [6.45, 7) is 2.37. The first-order chi connectivity index (χ1) is 20.3.